The molecular formula is C15H21F3N2O2S. The van der Waals surface area contributed by atoms with Crippen LogP contribution in [0.4, 0.5) is 13.2 Å². The van der Waals surface area contributed by atoms with Crippen molar-refractivity contribution in [3.8, 4) is 0 Å². The number of aryl methyl sites for hydroxylation is 1. The van der Waals surface area contributed by atoms with Gasteiger partial charge in [0.2, 0.25) is 11.5 Å². The Morgan fingerprint density at radius 1 is 1.26 bits per heavy atom. The van der Waals surface area contributed by atoms with Crippen molar-refractivity contribution in [2.24, 2.45) is 0 Å². The van der Waals surface area contributed by atoms with E-state index in [1.165, 1.54) is 10.3 Å². The van der Waals surface area contributed by atoms with Crippen molar-refractivity contribution in [3.63, 3.8) is 0 Å². The van der Waals surface area contributed by atoms with Crippen LogP contribution in [0.2, 0.25) is 0 Å². The predicted octanol–water partition coefficient (Wildman–Crippen LogP) is 3.38. The Hall–Kier alpha value is -1.15. The quantitative estimate of drug-likeness (QED) is 0.909. The molecule has 1 aromatic heterocycles. The zero-order chi connectivity index (χ0) is 17.1. The van der Waals surface area contributed by atoms with Crippen molar-refractivity contribution in [2.75, 3.05) is 13.1 Å². The number of thiazole rings is 1. The highest BCUT2D eigenvalue weighted by molar-refractivity contribution is 7.09. The number of halogens is 3. The van der Waals surface area contributed by atoms with Crippen LogP contribution in [-0.4, -0.2) is 40.2 Å². The first-order valence-corrected chi connectivity index (χ1v) is 8.61. The van der Waals surface area contributed by atoms with Gasteiger partial charge in [-0.3, -0.25) is 4.79 Å². The lowest BCUT2D eigenvalue weighted by molar-refractivity contribution is -0.268. The highest BCUT2D eigenvalue weighted by atomic mass is 32.1. The average molecular weight is 350 g/mol. The van der Waals surface area contributed by atoms with Gasteiger partial charge in [-0.15, -0.1) is 11.3 Å². The Bertz CT molecular complexity index is 539. The molecule has 23 heavy (non-hydrogen) atoms. The number of likely N-dealkylation sites (tertiary alicyclic amines) is 1. The standard InChI is InChI=1S/C15H21F3N2O2S/c1-11-10-23-13(19-11)14(22,15(16,17)18)9-12(21)20-7-5-3-2-4-6-8-20/h10,22H,2-9H2,1H3/t14-/m1/s1. The number of alkyl halides is 3. The van der Waals surface area contributed by atoms with Gasteiger partial charge in [-0.2, -0.15) is 13.2 Å². The van der Waals surface area contributed by atoms with E-state index in [9.17, 15) is 23.1 Å². The maximum atomic E-state index is 13.4. The highest BCUT2D eigenvalue weighted by Gasteiger charge is 2.58. The molecule has 4 nitrogen and oxygen atoms in total. The van der Waals surface area contributed by atoms with Gasteiger partial charge in [0, 0.05) is 24.2 Å². The smallest absolute Gasteiger partial charge is 0.374 e. The summed E-state index contributed by atoms with van der Waals surface area (Å²) in [5.41, 5.74) is -2.82. The number of hydrogen-bond acceptors (Lipinski definition) is 4. The minimum absolute atomic E-state index is 0.395. The number of nitrogens with zero attached hydrogens (tertiary/aromatic N) is 2. The van der Waals surface area contributed by atoms with Crippen LogP contribution >= 0.6 is 11.3 Å². The fourth-order valence-electron chi connectivity index (χ4n) is 2.67. The summed E-state index contributed by atoms with van der Waals surface area (Å²) in [6, 6.07) is 0. The summed E-state index contributed by atoms with van der Waals surface area (Å²) in [7, 11) is 0. The molecule has 1 aliphatic rings. The van der Waals surface area contributed by atoms with Gasteiger partial charge in [-0.25, -0.2) is 4.98 Å². The van der Waals surface area contributed by atoms with Crippen LogP contribution in [-0.2, 0) is 10.4 Å². The minimum Gasteiger partial charge on any atom is -0.374 e. The molecule has 130 valence electrons. The highest BCUT2D eigenvalue weighted by Crippen LogP contribution is 2.43. The summed E-state index contributed by atoms with van der Waals surface area (Å²) in [5.74, 6) is -0.667. The predicted molar refractivity (Wildman–Crippen MR) is 81.1 cm³/mol. The third-order valence-electron chi connectivity index (χ3n) is 4.06. The van der Waals surface area contributed by atoms with E-state index >= 15 is 0 Å². The van der Waals surface area contributed by atoms with Crippen LogP contribution in [0.3, 0.4) is 0 Å². The average Bonchev–Trinajstić information content (AvgIpc) is 2.83. The molecule has 0 unspecified atom stereocenters. The number of hydrogen-bond donors (Lipinski definition) is 1. The second kappa shape index (κ2) is 7.17. The fraction of sp³-hybridized carbons (Fsp3) is 0.733. The molecule has 0 spiro atoms. The van der Waals surface area contributed by atoms with Gasteiger partial charge in [0.05, 0.1) is 6.42 Å². The molecule has 1 fully saturated rings. The summed E-state index contributed by atoms with van der Waals surface area (Å²) >= 11 is 0.728. The first-order chi connectivity index (χ1) is 10.7. The van der Waals surface area contributed by atoms with Crippen LogP contribution in [0.5, 0.6) is 0 Å². The molecule has 1 amide bonds. The van der Waals surface area contributed by atoms with E-state index in [0.717, 1.165) is 43.4 Å². The second-order valence-corrected chi connectivity index (χ2v) is 6.84. The van der Waals surface area contributed by atoms with Gasteiger partial charge in [0.1, 0.15) is 5.01 Å². The Morgan fingerprint density at radius 2 is 1.83 bits per heavy atom. The second-order valence-electron chi connectivity index (χ2n) is 5.98. The summed E-state index contributed by atoms with van der Waals surface area (Å²) in [6.07, 6.45) is -1.36. The number of aliphatic hydroxyl groups is 1. The molecule has 1 saturated heterocycles. The van der Waals surface area contributed by atoms with Crippen molar-refractivity contribution < 1.29 is 23.1 Å². The van der Waals surface area contributed by atoms with Gasteiger partial charge in [0.15, 0.2) is 0 Å². The third kappa shape index (κ3) is 4.23. The van der Waals surface area contributed by atoms with Gasteiger partial charge in [-0.05, 0) is 19.8 Å². The van der Waals surface area contributed by atoms with E-state index in [4.69, 9.17) is 0 Å². The Morgan fingerprint density at radius 3 is 2.30 bits per heavy atom. The SMILES string of the molecule is Cc1csc([C@](O)(CC(=O)N2CCCCCCC2)C(F)(F)F)n1. The molecular weight excluding hydrogens is 329 g/mol. The minimum atomic E-state index is -4.95. The van der Waals surface area contributed by atoms with Crippen molar-refractivity contribution in [1.29, 1.82) is 0 Å². The zero-order valence-corrected chi connectivity index (χ0v) is 13.8. The molecule has 1 aromatic rings. The molecule has 2 heterocycles. The van der Waals surface area contributed by atoms with Crippen molar-refractivity contribution in [2.45, 2.75) is 57.2 Å². The van der Waals surface area contributed by atoms with Crippen molar-refractivity contribution >= 4 is 17.2 Å². The lowest BCUT2D eigenvalue weighted by Crippen LogP contribution is -2.47. The number of carbonyl (C=O) groups excluding carboxylic acids is 1. The molecule has 0 radical (unpaired) electrons. The van der Waals surface area contributed by atoms with E-state index in [1.54, 1.807) is 6.92 Å². The molecule has 0 aromatic carbocycles. The maximum Gasteiger partial charge on any atom is 0.424 e. The van der Waals surface area contributed by atoms with E-state index in [1.807, 2.05) is 0 Å². The third-order valence-corrected chi connectivity index (χ3v) is 5.17. The first kappa shape index (κ1) is 18.2. The van der Waals surface area contributed by atoms with Crippen LogP contribution in [0, 0.1) is 6.92 Å². The van der Waals surface area contributed by atoms with E-state index in [0.29, 0.717) is 18.8 Å². The van der Waals surface area contributed by atoms with Gasteiger partial charge < -0.3 is 10.0 Å². The number of carbonyl (C=O) groups is 1. The molecule has 1 aliphatic heterocycles. The van der Waals surface area contributed by atoms with E-state index in [2.05, 4.69) is 4.98 Å². The molecule has 0 aliphatic carbocycles. The van der Waals surface area contributed by atoms with Crippen molar-refractivity contribution in [3.05, 3.63) is 16.1 Å². The van der Waals surface area contributed by atoms with Gasteiger partial charge in [0.25, 0.3) is 0 Å². The molecule has 0 bridgehead atoms. The Labute approximate surface area is 137 Å². The van der Waals surface area contributed by atoms with Crippen LogP contribution in [0.25, 0.3) is 0 Å². The monoisotopic (exact) mass is 350 g/mol. The number of aromatic nitrogens is 1. The zero-order valence-electron chi connectivity index (χ0n) is 13.0. The summed E-state index contributed by atoms with van der Waals surface area (Å²) in [5, 5.41) is 11.2. The van der Waals surface area contributed by atoms with Crippen LogP contribution in [0.1, 0.15) is 49.2 Å². The number of amides is 1. The van der Waals surface area contributed by atoms with E-state index < -0.39 is 29.1 Å². The summed E-state index contributed by atoms with van der Waals surface area (Å²) < 4.78 is 40.3. The first-order valence-electron chi connectivity index (χ1n) is 7.73. The topological polar surface area (TPSA) is 53.4 Å². The van der Waals surface area contributed by atoms with Crippen LogP contribution < -0.4 is 0 Å². The molecule has 8 heteroatoms. The largest absolute Gasteiger partial charge is 0.424 e. The molecule has 2 rings (SSSR count). The Kier molecular flexibility index (Phi) is 5.67. The number of rotatable bonds is 3. The Balaban J connectivity index is 2.18. The summed E-state index contributed by atoms with van der Waals surface area (Å²) in [6.45, 7) is 2.45. The van der Waals surface area contributed by atoms with Crippen LogP contribution in [0.15, 0.2) is 5.38 Å². The van der Waals surface area contributed by atoms with Crippen molar-refractivity contribution in [1.82, 2.24) is 9.88 Å². The van der Waals surface area contributed by atoms with E-state index in [-0.39, 0.29) is 0 Å². The molecule has 0 saturated carbocycles. The van der Waals surface area contributed by atoms with Gasteiger partial charge in [-0.1, -0.05) is 19.3 Å². The summed E-state index contributed by atoms with van der Waals surface area (Å²) in [4.78, 5) is 17.5. The molecule has 1 atom stereocenters. The lowest BCUT2D eigenvalue weighted by Gasteiger charge is -2.31. The normalized spacial score (nSPS) is 19.8. The fourth-order valence-corrected chi connectivity index (χ4v) is 3.58. The maximum absolute atomic E-state index is 13.4. The lowest BCUT2D eigenvalue weighted by atomic mass is 9.98. The van der Waals surface area contributed by atoms with Gasteiger partial charge >= 0.3 is 6.18 Å². The molecule has 1 N–H and O–H groups in total.